The van der Waals surface area contributed by atoms with Gasteiger partial charge in [0.1, 0.15) is 5.76 Å². The molecule has 7 nitrogen and oxygen atoms in total. The van der Waals surface area contributed by atoms with Crippen molar-refractivity contribution in [1.82, 2.24) is 9.71 Å². The number of anilines is 1. The summed E-state index contributed by atoms with van der Waals surface area (Å²) in [4.78, 5) is 16.6. The first-order valence-electron chi connectivity index (χ1n) is 9.46. The summed E-state index contributed by atoms with van der Waals surface area (Å²) in [6.07, 6.45) is 6.21. The van der Waals surface area contributed by atoms with Crippen LogP contribution in [0.2, 0.25) is 0 Å². The predicted octanol–water partition coefficient (Wildman–Crippen LogP) is 3.96. The van der Waals surface area contributed by atoms with Gasteiger partial charge < -0.3 is 9.73 Å². The number of nitrogens with zero attached hydrogens (tertiary/aromatic N) is 1. The van der Waals surface area contributed by atoms with E-state index in [-0.39, 0.29) is 17.3 Å². The Morgan fingerprint density at radius 1 is 1.03 bits per heavy atom. The number of carbonyl (C=O) groups is 1. The minimum Gasteiger partial charge on any atom is -0.468 e. The third kappa shape index (κ3) is 5.25. The maximum Gasteiger partial charge on any atom is 0.248 e. The van der Waals surface area contributed by atoms with Gasteiger partial charge in [-0.2, -0.15) is 0 Å². The van der Waals surface area contributed by atoms with Crippen molar-refractivity contribution in [3.05, 3.63) is 96.6 Å². The second-order valence-corrected chi connectivity index (χ2v) is 8.47. The lowest BCUT2D eigenvalue weighted by Gasteiger charge is -2.06. The van der Waals surface area contributed by atoms with E-state index < -0.39 is 10.0 Å². The number of fused-ring (bicyclic) bond motifs is 1. The molecule has 0 unspecified atom stereocenters. The number of amides is 1. The van der Waals surface area contributed by atoms with Gasteiger partial charge in [-0.15, -0.1) is 0 Å². The van der Waals surface area contributed by atoms with Crippen molar-refractivity contribution in [3.8, 4) is 0 Å². The monoisotopic (exact) mass is 433 g/mol. The minimum absolute atomic E-state index is 0.0714. The number of pyridine rings is 1. The van der Waals surface area contributed by atoms with Crippen LogP contribution in [0.1, 0.15) is 11.3 Å². The van der Waals surface area contributed by atoms with Gasteiger partial charge in [-0.05, 0) is 60.2 Å². The fraction of sp³-hybridized carbons (Fsp3) is 0.0435. The number of rotatable bonds is 7. The maximum absolute atomic E-state index is 12.4. The highest BCUT2D eigenvalue weighted by molar-refractivity contribution is 7.89. The average Bonchev–Trinajstić information content (AvgIpc) is 3.30. The fourth-order valence-electron chi connectivity index (χ4n) is 2.93. The number of nitrogens with one attached hydrogen (secondary N) is 2. The van der Waals surface area contributed by atoms with E-state index in [9.17, 15) is 13.2 Å². The van der Waals surface area contributed by atoms with Gasteiger partial charge in [0.15, 0.2) is 0 Å². The molecule has 0 radical (unpaired) electrons. The number of furan rings is 1. The van der Waals surface area contributed by atoms with Crippen molar-refractivity contribution < 1.29 is 17.6 Å². The van der Waals surface area contributed by atoms with Gasteiger partial charge in [-0.3, -0.25) is 9.78 Å². The van der Waals surface area contributed by atoms with E-state index in [2.05, 4.69) is 15.0 Å². The molecule has 156 valence electrons. The lowest BCUT2D eigenvalue weighted by molar-refractivity contribution is -0.111. The first-order chi connectivity index (χ1) is 15.0. The van der Waals surface area contributed by atoms with Crippen LogP contribution in [0.5, 0.6) is 0 Å². The third-order valence-corrected chi connectivity index (χ3v) is 5.92. The van der Waals surface area contributed by atoms with E-state index in [1.54, 1.807) is 42.6 Å². The summed E-state index contributed by atoms with van der Waals surface area (Å²) in [5, 5.41) is 3.73. The molecule has 0 spiro atoms. The van der Waals surface area contributed by atoms with Crippen LogP contribution < -0.4 is 10.0 Å². The van der Waals surface area contributed by atoms with Gasteiger partial charge in [0, 0.05) is 23.3 Å². The predicted molar refractivity (Wildman–Crippen MR) is 119 cm³/mol. The Morgan fingerprint density at radius 3 is 2.65 bits per heavy atom. The zero-order valence-electron chi connectivity index (χ0n) is 16.4. The summed E-state index contributed by atoms with van der Waals surface area (Å²) in [5.74, 6) is 0.233. The van der Waals surface area contributed by atoms with Gasteiger partial charge in [-0.25, -0.2) is 13.1 Å². The van der Waals surface area contributed by atoms with Crippen LogP contribution in [-0.2, 0) is 21.4 Å². The topological polar surface area (TPSA) is 101 Å². The standard InChI is InChI=1S/C23H19N3O4S/c27-23(26-19-8-11-22-18(15-19)3-1-13-24-22)12-7-17-5-9-21(10-6-17)31(28,29)25-16-20-4-2-14-30-20/h1-15,25H,16H2,(H,26,27)/b12-7+. The molecule has 8 heteroatoms. The summed E-state index contributed by atoms with van der Waals surface area (Å²) < 4.78 is 32.3. The van der Waals surface area contributed by atoms with Gasteiger partial charge in [0.05, 0.1) is 23.2 Å². The Bertz CT molecular complexity index is 1330. The summed E-state index contributed by atoms with van der Waals surface area (Å²) in [5.41, 5.74) is 2.21. The Hall–Kier alpha value is -3.75. The molecule has 0 aliphatic rings. The largest absolute Gasteiger partial charge is 0.468 e. The Kier molecular flexibility index (Phi) is 5.92. The molecule has 0 bridgehead atoms. The van der Waals surface area contributed by atoms with Crippen molar-refractivity contribution in [2.75, 3.05) is 5.32 Å². The number of hydrogen-bond donors (Lipinski definition) is 2. The van der Waals surface area contributed by atoms with Gasteiger partial charge in [0.2, 0.25) is 15.9 Å². The number of aromatic nitrogens is 1. The smallest absolute Gasteiger partial charge is 0.248 e. The van der Waals surface area contributed by atoms with Crippen LogP contribution in [0.25, 0.3) is 17.0 Å². The van der Waals surface area contributed by atoms with E-state index in [1.807, 2.05) is 24.3 Å². The molecule has 31 heavy (non-hydrogen) atoms. The molecular weight excluding hydrogens is 414 g/mol. The van der Waals surface area contributed by atoms with Crippen molar-refractivity contribution in [2.45, 2.75) is 11.4 Å². The van der Waals surface area contributed by atoms with E-state index in [4.69, 9.17) is 4.42 Å². The van der Waals surface area contributed by atoms with Gasteiger partial charge in [-0.1, -0.05) is 18.2 Å². The van der Waals surface area contributed by atoms with Crippen LogP contribution >= 0.6 is 0 Å². The lowest BCUT2D eigenvalue weighted by atomic mass is 10.2. The van der Waals surface area contributed by atoms with Crippen molar-refractivity contribution in [2.24, 2.45) is 0 Å². The van der Waals surface area contributed by atoms with Crippen molar-refractivity contribution in [3.63, 3.8) is 0 Å². The second kappa shape index (κ2) is 8.95. The molecule has 2 N–H and O–H groups in total. The number of sulfonamides is 1. The van der Waals surface area contributed by atoms with Crippen LogP contribution in [-0.4, -0.2) is 19.3 Å². The quantitative estimate of drug-likeness (QED) is 0.430. The molecule has 4 rings (SSSR count). The normalized spacial score (nSPS) is 11.7. The summed E-state index contributed by atoms with van der Waals surface area (Å²) >= 11 is 0. The Balaban J connectivity index is 1.37. The van der Waals surface area contributed by atoms with E-state index in [0.29, 0.717) is 17.0 Å². The van der Waals surface area contributed by atoms with Crippen LogP contribution in [0.3, 0.4) is 0 Å². The number of carbonyl (C=O) groups excluding carboxylic acids is 1. The van der Waals surface area contributed by atoms with E-state index >= 15 is 0 Å². The van der Waals surface area contributed by atoms with E-state index in [1.165, 1.54) is 24.5 Å². The molecule has 1 amide bonds. The van der Waals surface area contributed by atoms with Crippen molar-refractivity contribution >= 4 is 38.6 Å². The van der Waals surface area contributed by atoms with E-state index in [0.717, 1.165) is 10.9 Å². The summed E-state index contributed by atoms with van der Waals surface area (Å²) in [7, 11) is -3.66. The average molecular weight is 433 g/mol. The molecule has 2 aromatic carbocycles. The molecule has 2 aromatic heterocycles. The number of benzene rings is 2. The second-order valence-electron chi connectivity index (χ2n) is 6.71. The molecule has 0 saturated carbocycles. The third-order valence-electron chi connectivity index (χ3n) is 4.50. The molecule has 0 aliphatic heterocycles. The SMILES string of the molecule is O=C(/C=C/c1ccc(S(=O)(=O)NCc2ccco2)cc1)Nc1ccc2ncccc2c1. The fourth-order valence-corrected chi connectivity index (χ4v) is 3.92. The van der Waals surface area contributed by atoms with Crippen LogP contribution in [0, 0.1) is 0 Å². The van der Waals surface area contributed by atoms with Gasteiger partial charge in [0.25, 0.3) is 0 Å². The molecular formula is C23H19N3O4S. The lowest BCUT2D eigenvalue weighted by Crippen LogP contribution is -2.22. The summed E-state index contributed by atoms with van der Waals surface area (Å²) in [6.45, 7) is 0.0714. The number of hydrogen-bond acceptors (Lipinski definition) is 5. The summed E-state index contributed by atoms with van der Waals surface area (Å²) in [6, 6.07) is 18.9. The minimum atomic E-state index is -3.66. The highest BCUT2D eigenvalue weighted by Gasteiger charge is 2.14. The van der Waals surface area contributed by atoms with Gasteiger partial charge >= 0.3 is 0 Å². The highest BCUT2D eigenvalue weighted by atomic mass is 32.2. The molecule has 0 atom stereocenters. The zero-order chi connectivity index (χ0) is 21.7. The molecule has 0 saturated heterocycles. The maximum atomic E-state index is 12.4. The van der Waals surface area contributed by atoms with Crippen LogP contribution in [0.4, 0.5) is 5.69 Å². The Labute approximate surface area is 179 Å². The molecule has 0 fully saturated rings. The zero-order valence-corrected chi connectivity index (χ0v) is 17.2. The molecule has 2 heterocycles. The Morgan fingerprint density at radius 2 is 1.87 bits per heavy atom. The molecule has 4 aromatic rings. The molecule has 0 aliphatic carbocycles. The van der Waals surface area contributed by atoms with Crippen molar-refractivity contribution in [1.29, 1.82) is 0 Å². The first-order valence-corrected chi connectivity index (χ1v) is 10.9. The highest BCUT2D eigenvalue weighted by Crippen LogP contribution is 2.17. The first kappa shape index (κ1) is 20.5. The van der Waals surface area contributed by atoms with Crippen LogP contribution in [0.15, 0.2) is 94.6 Å².